The van der Waals surface area contributed by atoms with Crippen molar-refractivity contribution in [1.82, 2.24) is 4.98 Å². The smallest absolute Gasteiger partial charge is 0.0695 e. The maximum absolute atomic E-state index is 5.84. The Bertz CT molecular complexity index is 237. The molecule has 0 radical (unpaired) electrons. The Morgan fingerprint density at radius 2 is 2.40 bits per heavy atom. The van der Waals surface area contributed by atoms with Crippen LogP contribution < -0.4 is 0 Å². The van der Waals surface area contributed by atoms with Crippen molar-refractivity contribution in [2.24, 2.45) is 0 Å². The van der Waals surface area contributed by atoms with Crippen LogP contribution in [0.4, 0.5) is 0 Å². The molecule has 1 nitrogen and oxygen atoms in total. The highest BCUT2D eigenvalue weighted by atomic mass is 79.9. The summed E-state index contributed by atoms with van der Waals surface area (Å²) in [6.45, 7) is 1.97. The third-order valence-corrected chi connectivity index (χ3v) is 2.04. The van der Waals surface area contributed by atoms with Gasteiger partial charge in [-0.2, -0.15) is 0 Å². The number of hydrogen-bond donors (Lipinski definition) is 0. The zero-order chi connectivity index (χ0) is 7.56. The largest absolute Gasteiger partial charge is 0.259 e. The Balaban J connectivity index is 3.07. The molecule has 1 rings (SSSR count). The third kappa shape index (κ3) is 1.70. The monoisotopic (exact) mass is 219 g/mol. The minimum absolute atomic E-state index is 0.714. The molecule has 1 heterocycles. The van der Waals surface area contributed by atoms with E-state index in [2.05, 4.69) is 20.9 Å². The average molecular weight is 220 g/mol. The second kappa shape index (κ2) is 3.35. The maximum Gasteiger partial charge on any atom is 0.0695 e. The number of aromatic nitrogens is 1. The zero-order valence-electron chi connectivity index (χ0n) is 5.56. The fraction of sp³-hybridized carbons (Fsp3) is 0.286. The van der Waals surface area contributed by atoms with Gasteiger partial charge in [-0.15, -0.1) is 0 Å². The van der Waals surface area contributed by atoms with Crippen LogP contribution in [0.1, 0.15) is 11.3 Å². The molecule has 0 atom stereocenters. The molecule has 0 N–H and O–H groups in total. The van der Waals surface area contributed by atoms with Gasteiger partial charge in [-0.1, -0.05) is 27.5 Å². The molecular formula is C7H7BrClN. The van der Waals surface area contributed by atoms with E-state index >= 15 is 0 Å². The van der Waals surface area contributed by atoms with Gasteiger partial charge in [-0.3, -0.25) is 4.98 Å². The highest BCUT2D eigenvalue weighted by Crippen LogP contribution is 2.16. The molecule has 0 saturated heterocycles. The van der Waals surface area contributed by atoms with Crippen LogP contribution in [0.25, 0.3) is 0 Å². The number of alkyl halides is 1. The second-order valence-electron chi connectivity index (χ2n) is 2.07. The SMILES string of the molecule is Cc1cnc(CBr)c(Cl)c1. The van der Waals surface area contributed by atoms with Crippen molar-refractivity contribution in [3.63, 3.8) is 0 Å². The van der Waals surface area contributed by atoms with E-state index in [0.29, 0.717) is 5.33 Å². The van der Waals surface area contributed by atoms with Gasteiger partial charge in [0.15, 0.2) is 0 Å². The van der Waals surface area contributed by atoms with Crippen molar-refractivity contribution in [2.75, 3.05) is 0 Å². The Morgan fingerprint density at radius 1 is 1.70 bits per heavy atom. The summed E-state index contributed by atoms with van der Waals surface area (Å²) in [5, 5.41) is 1.45. The maximum atomic E-state index is 5.84. The molecule has 54 valence electrons. The number of nitrogens with zero attached hydrogens (tertiary/aromatic N) is 1. The number of hydrogen-bond acceptors (Lipinski definition) is 1. The Labute approximate surface area is 73.6 Å². The summed E-state index contributed by atoms with van der Waals surface area (Å²) < 4.78 is 0. The van der Waals surface area contributed by atoms with Crippen LogP contribution in [-0.4, -0.2) is 4.98 Å². The first-order chi connectivity index (χ1) is 4.74. The van der Waals surface area contributed by atoms with Gasteiger partial charge in [-0.05, 0) is 18.6 Å². The van der Waals surface area contributed by atoms with Crippen LogP contribution >= 0.6 is 27.5 Å². The molecule has 0 aliphatic rings. The average Bonchev–Trinajstić information content (AvgIpc) is 1.88. The molecule has 1 aromatic rings. The number of aryl methyl sites for hydroxylation is 1. The lowest BCUT2D eigenvalue weighted by molar-refractivity contribution is 1.16. The first-order valence-electron chi connectivity index (χ1n) is 2.91. The highest BCUT2D eigenvalue weighted by Gasteiger charge is 1.98. The molecule has 0 aliphatic carbocycles. The molecule has 0 unspecified atom stereocenters. The van der Waals surface area contributed by atoms with Crippen molar-refractivity contribution < 1.29 is 0 Å². The molecule has 0 saturated carbocycles. The van der Waals surface area contributed by atoms with E-state index < -0.39 is 0 Å². The van der Waals surface area contributed by atoms with Gasteiger partial charge < -0.3 is 0 Å². The molecule has 0 amide bonds. The van der Waals surface area contributed by atoms with Crippen LogP contribution in [0.2, 0.25) is 5.02 Å². The summed E-state index contributed by atoms with van der Waals surface area (Å²) in [7, 11) is 0. The minimum Gasteiger partial charge on any atom is -0.259 e. The topological polar surface area (TPSA) is 12.9 Å². The van der Waals surface area contributed by atoms with Crippen LogP contribution in [0.3, 0.4) is 0 Å². The predicted molar refractivity (Wildman–Crippen MR) is 46.6 cm³/mol. The Morgan fingerprint density at radius 3 is 2.90 bits per heavy atom. The lowest BCUT2D eigenvalue weighted by Crippen LogP contribution is -1.86. The van der Waals surface area contributed by atoms with Gasteiger partial charge >= 0.3 is 0 Å². The van der Waals surface area contributed by atoms with Crippen molar-refractivity contribution in [3.05, 3.63) is 28.5 Å². The molecule has 0 bridgehead atoms. The van der Waals surface area contributed by atoms with Crippen molar-refractivity contribution in [2.45, 2.75) is 12.3 Å². The fourth-order valence-electron chi connectivity index (χ4n) is 0.660. The second-order valence-corrected chi connectivity index (χ2v) is 3.04. The fourth-order valence-corrected chi connectivity index (χ4v) is 1.56. The zero-order valence-corrected chi connectivity index (χ0v) is 7.91. The van der Waals surface area contributed by atoms with Crippen molar-refractivity contribution in [1.29, 1.82) is 0 Å². The first-order valence-corrected chi connectivity index (χ1v) is 4.41. The lowest BCUT2D eigenvalue weighted by atomic mass is 10.3. The van der Waals surface area contributed by atoms with E-state index in [0.717, 1.165) is 16.3 Å². The van der Waals surface area contributed by atoms with E-state index in [-0.39, 0.29) is 0 Å². The van der Waals surface area contributed by atoms with Gasteiger partial charge in [0.1, 0.15) is 0 Å². The summed E-state index contributed by atoms with van der Waals surface area (Å²) >= 11 is 9.12. The van der Waals surface area contributed by atoms with Crippen LogP contribution in [-0.2, 0) is 5.33 Å². The van der Waals surface area contributed by atoms with Gasteiger partial charge in [0, 0.05) is 11.5 Å². The normalized spacial score (nSPS) is 9.90. The van der Waals surface area contributed by atoms with Crippen LogP contribution in [0, 0.1) is 6.92 Å². The quantitative estimate of drug-likeness (QED) is 0.663. The molecular weight excluding hydrogens is 213 g/mol. The Kier molecular flexibility index (Phi) is 2.69. The molecule has 10 heavy (non-hydrogen) atoms. The molecule has 0 fully saturated rings. The summed E-state index contributed by atoms with van der Waals surface area (Å²) in [6, 6.07) is 1.91. The van der Waals surface area contributed by atoms with E-state index in [1.807, 2.05) is 19.2 Å². The molecule has 1 aromatic heterocycles. The molecule has 0 spiro atoms. The Hall–Kier alpha value is -0.0800. The number of halogens is 2. The summed E-state index contributed by atoms with van der Waals surface area (Å²) in [5.41, 5.74) is 1.99. The number of rotatable bonds is 1. The van der Waals surface area contributed by atoms with Crippen LogP contribution in [0.5, 0.6) is 0 Å². The van der Waals surface area contributed by atoms with E-state index in [1.54, 1.807) is 0 Å². The van der Waals surface area contributed by atoms with E-state index in [9.17, 15) is 0 Å². The van der Waals surface area contributed by atoms with Gasteiger partial charge in [-0.25, -0.2) is 0 Å². The van der Waals surface area contributed by atoms with Gasteiger partial charge in [0.05, 0.1) is 10.7 Å². The highest BCUT2D eigenvalue weighted by molar-refractivity contribution is 9.08. The predicted octanol–water partition coefficient (Wildman–Crippen LogP) is 2.94. The van der Waals surface area contributed by atoms with E-state index in [1.165, 1.54) is 0 Å². The third-order valence-electron chi connectivity index (χ3n) is 1.18. The molecule has 3 heteroatoms. The van der Waals surface area contributed by atoms with Gasteiger partial charge in [0.25, 0.3) is 0 Å². The van der Waals surface area contributed by atoms with E-state index in [4.69, 9.17) is 11.6 Å². The molecule has 0 aromatic carbocycles. The molecule has 0 aliphatic heterocycles. The number of pyridine rings is 1. The lowest BCUT2D eigenvalue weighted by Gasteiger charge is -1.98. The standard InChI is InChI=1S/C7H7BrClN/c1-5-2-6(9)7(3-8)10-4-5/h2,4H,3H2,1H3. The minimum atomic E-state index is 0.714. The first kappa shape index (κ1) is 8.02. The van der Waals surface area contributed by atoms with Crippen LogP contribution in [0.15, 0.2) is 12.3 Å². The summed E-state index contributed by atoms with van der Waals surface area (Å²) in [5.74, 6) is 0. The summed E-state index contributed by atoms with van der Waals surface area (Å²) in [4.78, 5) is 4.12. The van der Waals surface area contributed by atoms with Crippen molar-refractivity contribution in [3.8, 4) is 0 Å². The summed E-state index contributed by atoms with van der Waals surface area (Å²) in [6.07, 6.45) is 1.81. The van der Waals surface area contributed by atoms with Crippen molar-refractivity contribution >= 4 is 27.5 Å². The van der Waals surface area contributed by atoms with Gasteiger partial charge in [0.2, 0.25) is 0 Å².